The zero-order chi connectivity index (χ0) is 18.2. The summed E-state index contributed by atoms with van der Waals surface area (Å²) < 4.78 is 32.4. The van der Waals surface area contributed by atoms with Gasteiger partial charge in [-0.2, -0.15) is 18.9 Å². The highest BCUT2D eigenvalue weighted by Gasteiger charge is 2.32. The summed E-state index contributed by atoms with van der Waals surface area (Å²) in [6, 6.07) is 3.48. The molecule has 3 heterocycles. The summed E-state index contributed by atoms with van der Waals surface area (Å²) in [5.41, 5.74) is 0. The summed E-state index contributed by atoms with van der Waals surface area (Å²) in [7, 11) is 3.25. The van der Waals surface area contributed by atoms with E-state index in [4.69, 9.17) is 0 Å². The Labute approximate surface area is 145 Å². The van der Waals surface area contributed by atoms with Gasteiger partial charge in [-0.15, -0.1) is 11.3 Å². The van der Waals surface area contributed by atoms with Crippen molar-refractivity contribution < 1.29 is 18.1 Å². The van der Waals surface area contributed by atoms with Gasteiger partial charge in [0.2, 0.25) is 11.6 Å². The van der Waals surface area contributed by atoms with Gasteiger partial charge in [-0.25, -0.2) is 9.67 Å². The normalized spacial score (nSPS) is 11.7. The second-order valence-corrected chi connectivity index (χ2v) is 6.69. The van der Waals surface area contributed by atoms with Crippen molar-refractivity contribution in [2.75, 3.05) is 14.1 Å². The molecule has 0 aromatic carbocycles. The third kappa shape index (κ3) is 3.55. The fraction of sp³-hybridized carbons (Fsp3) is 0.357. The predicted molar refractivity (Wildman–Crippen MR) is 84.3 cm³/mol. The van der Waals surface area contributed by atoms with Crippen LogP contribution in [0.1, 0.15) is 28.3 Å². The van der Waals surface area contributed by atoms with Crippen molar-refractivity contribution in [3.63, 3.8) is 0 Å². The van der Waals surface area contributed by atoms with E-state index in [0.717, 1.165) is 4.88 Å². The average Bonchev–Trinajstić information content (AvgIpc) is 3.26. The van der Waals surface area contributed by atoms with E-state index in [0.29, 0.717) is 18.3 Å². The Morgan fingerprint density at radius 1 is 1.40 bits per heavy atom. The molecule has 8 nitrogen and oxygen atoms in total. The number of rotatable bonds is 5. The number of alkyl halides is 2. The molecule has 0 bridgehead atoms. The molecule has 11 heteroatoms. The Bertz CT molecular complexity index is 895. The lowest BCUT2D eigenvalue weighted by Gasteiger charge is -2.10. The lowest BCUT2D eigenvalue weighted by Crippen LogP contribution is -2.26. The lowest BCUT2D eigenvalue weighted by atomic mass is 10.4. The van der Waals surface area contributed by atoms with E-state index in [-0.39, 0.29) is 17.6 Å². The molecule has 0 atom stereocenters. The van der Waals surface area contributed by atoms with Gasteiger partial charge < -0.3 is 9.42 Å². The highest BCUT2D eigenvalue weighted by atomic mass is 32.1. The SMILES string of the molecule is CN(C)C(=O)c1ncnn1Cc1ccc(-c2noc(C(C)(F)F)n2)s1. The maximum Gasteiger partial charge on any atom is 0.322 e. The number of thiophene rings is 1. The number of amides is 1. The van der Waals surface area contributed by atoms with Crippen LogP contribution in [0.4, 0.5) is 8.78 Å². The molecule has 0 spiro atoms. The fourth-order valence-electron chi connectivity index (χ4n) is 1.98. The molecule has 3 rings (SSSR count). The van der Waals surface area contributed by atoms with Gasteiger partial charge in [0.05, 0.1) is 11.4 Å². The van der Waals surface area contributed by atoms with Crippen molar-refractivity contribution in [2.24, 2.45) is 0 Å². The molecule has 0 aliphatic carbocycles. The Hall–Kier alpha value is -2.69. The van der Waals surface area contributed by atoms with E-state index in [1.165, 1.54) is 27.2 Å². The molecule has 1 amide bonds. The molecule has 0 aliphatic rings. The second kappa shape index (κ2) is 6.31. The van der Waals surface area contributed by atoms with Crippen molar-refractivity contribution in [3.8, 4) is 10.7 Å². The van der Waals surface area contributed by atoms with Crippen LogP contribution in [-0.2, 0) is 12.5 Å². The number of hydrogen-bond acceptors (Lipinski definition) is 7. The molecule has 25 heavy (non-hydrogen) atoms. The van der Waals surface area contributed by atoms with E-state index in [1.54, 1.807) is 26.2 Å². The van der Waals surface area contributed by atoms with Crippen LogP contribution >= 0.6 is 11.3 Å². The number of halogens is 2. The van der Waals surface area contributed by atoms with E-state index < -0.39 is 11.8 Å². The molecular formula is C14H14F2N6O2S. The van der Waals surface area contributed by atoms with E-state index in [1.807, 2.05) is 0 Å². The summed E-state index contributed by atoms with van der Waals surface area (Å²) in [5, 5.41) is 7.63. The molecule has 3 aromatic rings. The van der Waals surface area contributed by atoms with Crippen LogP contribution in [0.15, 0.2) is 23.0 Å². The first-order chi connectivity index (χ1) is 11.8. The number of carbonyl (C=O) groups excluding carboxylic acids is 1. The first-order valence-electron chi connectivity index (χ1n) is 7.16. The Morgan fingerprint density at radius 3 is 2.80 bits per heavy atom. The number of carbonyl (C=O) groups is 1. The predicted octanol–water partition coefficient (Wildman–Crippen LogP) is 2.25. The van der Waals surface area contributed by atoms with Gasteiger partial charge in [0.1, 0.15) is 6.33 Å². The third-order valence-corrected chi connectivity index (χ3v) is 4.27. The van der Waals surface area contributed by atoms with Gasteiger partial charge in [-0.1, -0.05) is 5.16 Å². The van der Waals surface area contributed by atoms with Crippen LogP contribution < -0.4 is 0 Å². The van der Waals surface area contributed by atoms with Crippen LogP contribution in [0.25, 0.3) is 10.7 Å². The minimum atomic E-state index is -3.19. The Balaban J connectivity index is 1.80. The topological polar surface area (TPSA) is 89.9 Å². The summed E-state index contributed by atoms with van der Waals surface area (Å²) in [6.45, 7) is 1.01. The van der Waals surface area contributed by atoms with Crippen LogP contribution in [0.3, 0.4) is 0 Å². The first-order valence-corrected chi connectivity index (χ1v) is 7.98. The van der Waals surface area contributed by atoms with Crippen LogP contribution in [-0.4, -0.2) is 49.8 Å². The van der Waals surface area contributed by atoms with Crippen molar-refractivity contribution in [1.29, 1.82) is 0 Å². The fourth-order valence-corrected chi connectivity index (χ4v) is 2.89. The molecule has 0 radical (unpaired) electrons. The maximum absolute atomic E-state index is 13.2. The van der Waals surface area contributed by atoms with E-state index in [9.17, 15) is 13.6 Å². The van der Waals surface area contributed by atoms with Crippen LogP contribution in [0.2, 0.25) is 0 Å². The van der Waals surface area contributed by atoms with Gasteiger partial charge in [0, 0.05) is 25.9 Å². The molecule has 0 aliphatic heterocycles. The van der Waals surface area contributed by atoms with Gasteiger partial charge in [0.15, 0.2) is 0 Å². The highest BCUT2D eigenvalue weighted by Crippen LogP contribution is 2.30. The summed E-state index contributed by atoms with van der Waals surface area (Å²) in [6.07, 6.45) is 1.31. The van der Waals surface area contributed by atoms with Crippen molar-refractivity contribution in [3.05, 3.63) is 35.1 Å². The molecular weight excluding hydrogens is 354 g/mol. The third-order valence-electron chi connectivity index (χ3n) is 3.20. The van der Waals surface area contributed by atoms with Gasteiger partial charge >= 0.3 is 5.92 Å². The standard InChI is InChI=1S/C14H14F2N6O2S/c1-14(15,16)13-19-10(20-24-13)9-5-4-8(25-9)6-22-11(17-7-18-22)12(23)21(2)3/h4-5,7H,6H2,1-3H3. The number of nitrogens with zero attached hydrogens (tertiary/aromatic N) is 6. The molecule has 3 aromatic heterocycles. The molecule has 132 valence electrons. The first kappa shape index (κ1) is 17.1. The molecule has 0 unspecified atom stereocenters. The summed E-state index contributed by atoms with van der Waals surface area (Å²) >= 11 is 1.29. The van der Waals surface area contributed by atoms with Gasteiger partial charge in [-0.05, 0) is 12.1 Å². The number of aromatic nitrogens is 5. The minimum Gasteiger partial charge on any atom is -0.342 e. The Morgan fingerprint density at radius 2 is 2.16 bits per heavy atom. The molecule has 0 saturated heterocycles. The molecule has 0 N–H and O–H groups in total. The average molecular weight is 368 g/mol. The minimum absolute atomic E-state index is 0.0935. The largest absolute Gasteiger partial charge is 0.342 e. The summed E-state index contributed by atoms with van der Waals surface area (Å²) in [5.74, 6) is -3.87. The van der Waals surface area contributed by atoms with Gasteiger partial charge in [0.25, 0.3) is 11.8 Å². The lowest BCUT2D eigenvalue weighted by molar-refractivity contribution is -0.0158. The monoisotopic (exact) mass is 368 g/mol. The second-order valence-electron chi connectivity index (χ2n) is 5.52. The van der Waals surface area contributed by atoms with Crippen molar-refractivity contribution in [2.45, 2.75) is 19.4 Å². The van der Waals surface area contributed by atoms with E-state index >= 15 is 0 Å². The van der Waals surface area contributed by atoms with E-state index in [2.05, 4.69) is 24.7 Å². The zero-order valence-corrected chi connectivity index (χ0v) is 14.4. The van der Waals surface area contributed by atoms with Crippen LogP contribution in [0.5, 0.6) is 0 Å². The van der Waals surface area contributed by atoms with Crippen LogP contribution in [0, 0.1) is 0 Å². The van der Waals surface area contributed by atoms with Crippen molar-refractivity contribution in [1.82, 2.24) is 29.8 Å². The number of hydrogen-bond donors (Lipinski definition) is 0. The van der Waals surface area contributed by atoms with Gasteiger partial charge in [-0.3, -0.25) is 4.79 Å². The van der Waals surface area contributed by atoms with Crippen molar-refractivity contribution >= 4 is 17.2 Å². The Kier molecular flexibility index (Phi) is 4.33. The summed E-state index contributed by atoms with van der Waals surface area (Å²) in [4.78, 5) is 22.6. The maximum atomic E-state index is 13.2. The highest BCUT2D eigenvalue weighted by molar-refractivity contribution is 7.15. The smallest absolute Gasteiger partial charge is 0.322 e. The molecule has 0 fully saturated rings. The quantitative estimate of drug-likeness (QED) is 0.686. The molecule has 0 saturated carbocycles. The zero-order valence-electron chi connectivity index (χ0n) is 13.6.